The average molecular weight is 255 g/mol. The van der Waals surface area contributed by atoms with Crippen LogP contribution < -0.4 is 19.9 Å². The molecule has 18 heavy (non-hydrogen) atoms. The summed E-state index contributed by atoms with van der Waals surface area (Å²) in [5.41, 5.74) is 5.60. The number of hydrogen-bond acceptors (Lipinski definition) is 5. The molecule has 0 amide bonds. The van der Waals surface area contributed by atoms with Gasteiger partial charge in [0.2, 0.25) is 5.75 Å². The minimum Gasteiger partial charge on any atom is -0.493 e. The highest BCUT2D eigenvalue weighted by atomic mass is 16.6. The first kappa shape index (κ1) is 14.6. The zero-order chi connectivity index (χ0) is 13.4. The van der Waals surface area contributed by atoms with Crippen molar-refractivity contribution >= 4 is 0 Å². The van der Waals surface area contributed by atoms with Crippen molar-refractivity contribution in [3.8, 4) is 17.2 Å². The van der Waals surface area contributed by atoms with Crippen LogP contribution >= 0.6 is 0 Å². The maximum atomic E-state index is 5.70. The molecule has 1 rings (SSSR count). The van der Waals surface area contributed by atoms with E-state index in [0.29, 0.717) is 37.0 Å². The summed E-state index contributed by atoms with van der Waals surface area (Å²) in [5.74, 6) is 1.82. The fraction of sp³-hybridized carbons (Fsp3) is 0.538. The largest absolute Gasteiger partial charge is 0.493 e. The van der Waals surface area contributed by atoms with Gasteiger partial charge >= 0.3 is 0 Å². The Morgan fingerprint density at radius 3 is 2.22 bits per heavy atom. The number of hydrogen-bond donors (Lipinski definition) is 1. The number of nitrogens with two attached hydrogens (primary N) is 1. The number of benzene rings is 1. The molecule has 2 N–H and O–H groups in total. The molecule has 0 fully saturated rings. The van der Waals surface area contributed by atoms with E-state index in [9.17, 15) is 0 Å². The minimum atomic E-state index is -0.135. The van der Waals surface area contributed by atoms with Crippen molar-refractivity contribution in [2.75, 3.05) is 34.0 Å². The number of para-hydroxylation sites is 1. The zero-order valence-corrected chi connectivity index (χ0v) is 11.1. The summed E-state index contributed by atoms with van der Waals surface area (Å²) < 4.78 is 21.6. The molecular weight excluding hydrogens is 234 g/mol. The van der Waals surface area contributed by atoms with Crippen LogP contribution in [-0.2, 0) is 4.74 Å². The standard InChI is InChI=1S/C13H21NO4/c1-4-17-10(8-14)9-18-13-11(15-2)6-5-7-12(13)16-3/h5-7,10H,4,8-9,14H2,1-3H3. The van der Waals surface area contributed by atoms with E-state index in [-0.39, 0.29) is 6.10 Å². The normalized spacial score (nSPS) is 12.0. The molecule has 1 aromatic rings. The van der Waals surface area contributed by atoms with E-state index < -0.39 is 0 Å². The highest BCUT2D eigenvalue weighted by Gasteiger charge is 2.14. The van der Waals surface area contributed by atoms with Gasteiger partial charge in [-0.2, -0.15) is 0 Å². The molecule has 0 radical (unpaired) electrons. The van der Waals surface area contributed by atoms with Crippen molar-refractivity contribution < 1.29 is 18.9 Å². The second-order valence-electron chi connectivity index (χ2n) is 3.62. The average Bonchev–Trinajstić information content (AvgIpc) is 2.42. The Balaban J connectivity index is 2.75. The molecule has 0 aliphatic heterocycles. The van der Waals surface area contributed by atoms with Gasteiger partial charge in [-0.15, -0.1) is 0 Å². The van der Waals surface area contributed by atoms with E-state index in [1.807, 2.05) is 25.1 Å². The van der Waals surface area contributed by atoms with Gasteiger partial charge in [-0.05, 0) is 19.1 Å². The predicted molar refractivity (Wildman–Crippen MR) is 69.5 cm³/mol. The Bertz CT molecular complexity index is 335. The van der Waals surface area contributed by atoms with E-state index in [1.54, 1.807) is 14.2 Å². The monoisotopic (exact) mass is 255 g/mol. The zero-order valence-electron chi connectivity index (χ0n) is 11.1. The van der Waals surface area contributed by atoms with E-state index >= 15 is 0 Å². The fourth-order valence-electron chi connectivity index (χ4n) is 1.56. The van der Waals surface area contributed by atoms with Crippen molar-refractivity contribution in [3.05, 3.63) is 18.2 Å². The Hall–Kier alpha value is -1.46. The second kappa shape index (κ2) is 7.79. The van der Waals surface area contributed by atoms with E-state index in [2.05, 4.69) is 0 Å². The van der Waals surface area contributed by atoms with Crippen molar-refractivity contribution in [2.45, 2.75) is 13.0 Å². The smallest absolute Gasteiger partial charge is 0.203 e. The van der Waals surface area contributed by atoms with Crippen LogP contribution in [0.3, 0.4) is 0 Å². The van der Waals surface area contributed by atoms with Gasteiger partial charge in [0.05, 0.1) is 14.2 Å². The van der Waals surface area contributed by atoms with Gasteiger partial charge in [-0.25, -0.2) is 0 Å². The fourth-order valence-corrected chi connectivity index (χ4v) is 1.56. The second-order valence-corrected chi connectivity index (χ2v) is 3.62. The first-order valence-electron chi connectivity index (χ1n) is 5.92. The van der Waals surface area contributed by atoms with Gasteiger partial charge < -0.3 is 24.7 Å². The Morgan fingerprint density at radius 1 is 1.17 bits per heavy atom. The molecule has 0 aliphatic rings. The van der Waals surface area contributed by atoms with E-state index in [4.69, 9.17) is 24.7 Å². The Morgan fingerprint density at radius 2 is 1.78 bits per heavy atom. The van der Waals surface area contributed by atoms with Gasteiger partial charge in [0, 0.05) is 13.2 Å². The van der Waals surface area contributed by atoms with Crippen LogP contribution in [0.4, 0.5) is 0 Å². The summed E-state index contributed by atoms with van der Waals surface area (Å²) in [4.78, 5) is 0. The number of rotatable bonds is 8. The summed E-state index contributed by atoms with van der Waals surface area (Å²) in [5, 5.41) is 0. The van der Waals surface area contributed by atoms with Crippen molar-refractivity contribution in [2.24, 2.45) is 5.73 Å². The topological polar surface area (TPSA) is 62.9 Å². The van der Waals surface area contributed by atoms with Gasteiger partial charge in [0.15, 0.2) is 11.5 Å². The van der Waals surface area contributed by atoms with Crippen LogP contribution in [0.25, 0.3) is 0 Å². The van der Waals surface area contributed by atoms with Gasteiger partial charge in [0.25, 0.3) is 0 Å². The van der Waals surface area contributed by atoms with Crippen LogP contribution in [0.5, 0.6) is 17.2 Å². The molecule has 102 valence electrons. The van der Waals surface area contributed by atoms with E-state index in [1.165, 1.54) is 0 Å². The number of ether oxygens (including phenoxy) is 4. The quantitative estimate of drug-likeness (QED) is 0.761. The van der Waals surface area contributed by atoms with Crippen LogP contribution in [0.2, 0.25) is 0 Å². The molecule has 0 heterocycles. The predicted octanol–water partition coefficient (Wildman–Crippen LogP) is 1.45. The minimum absolute atomic E-state index is 0.135. The lowest BCUT2D eigenvalue weighted by Crippen LogP contribution is -2.30. The lowest BCUT2D eigenvalue weighted by molar-refractivity contribution is 0.0323. The molecule has 5 heteroatoms. The highest BCUT2D eigenvalue weighted by Crippen LogP contribution is 2.36. The Labute approximate surface area is 108 Å². The van der Waals surface area contributed by atoms with Crippen LogP contribution in [0.1, 0.15) is 6.92 Å². The maximum Gasteiger partial charge on any atom is 0.203 e. The summed E-state index contributed by atoms with van der Waals surface area (Å²) in [7, 11) is 3.18. The van der Waals surface area contributed by atoms with Crippen molar-refractivity contribution in [1.29, 1.82) is 0 Å². The first-order chi connectivity index (χ1) is 8.76. The van der Waals surface area contributed by atoms with Crippen LogP contribution in [-0.4, -0.2) is 40.1 Å². The molecule has 1 unspecified atom stereocenters. The van der Waals surface area contributed by atoms with Crippen LogP contribution in [0, 0.1) is 0 Å². The Kier molecular flexibility index (Phi) is 6.32. The molecule has 1 aromatic carbocycles. The molecule has 0 bridgehead atoms. The highest BCUT2D eigenvalue weighted by molar-refractivity contribution is 5.51. The summed E-state index contributed by atoms with van der Waals surface area (Å²) in [6.45, 7) is 3.30. The van der Waals surface area contributed by atoms with Gasteiger partial charge in [-0.1, -0.05) is 6.07 Å². The van der Waals surface area contributed by atoms with E-state index in [0.717, 1.165) is 0 Å². The number of methoxy groups -OCH3 is 2. The van der Waals surface area contributed by atoms with Gasteiger partial charge in [-0.3, -0.25) is 0 Å². The summed E-state index contributed by atoms with van der Waals surface area (Å²) >= 11 is 0. The molecule has 0 saturated carbocycles. The molecule has 5 nitrogen and oxygen atoms in total. The third kappa shape index (κ3) is 3.78. The maximum absolute atomic E-state index is 5.70. The molecule has 0 aromatic heterocycles. The molecule has 0 spiro atoms. The lowest BCUT2D eigenvalue weighted by atomic mass is 10.3. The third-order valence-electron chi connectivity index (χ3n) is 2.46. The van der Waals surface area contributed by atoms with Crippen molar-refractivity contribution in [3.63, 3.8) is 0 Å². The molecular formula is C13H21NO4. The SMILES string of the molecule is CCOC(CN)COc1c(OC)cccc1OC. The molecule has 0 aliphatic carbocycles. The summed E-state index contributed by atoms with van der Waals surface area (Å²) in [6, 6.07) is 5.47. The lowest BCUT2D eigenvalue weighted by Gasteiger charge is -2.18. The molecule has 0 saturated heterocycles. The van der Waals surface area contributed by atoms with Crippen molar-refractivity contribution in [1.82, 2.24) is 0 Å². The molecule has 1 atom stereocenters. The van der Waals surface area contributed by atoms with Crippen LogP contribution in [0.15, 0.2) is 18.2 Å². The van der Waals surface area contributed by atoms with Gasteiger partial charge in [0.1, 0.15) is 12.7 Å². The summed E-state index contributed by atoms with van der Waals surface area (Å²) in [6.07, 6.45) is -0.135. The third-order valence-corrected chi connectivity index (χ3v) is 2.46. The first-order valence-corrected chi connectivity index (χ1v) is 5.92.